The highest BCUT2D eigenvalue weighted by Crippen LogP contribution is 2.26. The second kappa shape index (κ2) is 9.29. The maximum absolute atomic E-state index is 12.8. The van der Waals surface area contributed by atoms with Crippen LogP contribution in [-0.4, -0.2) is 62.6 Å². The van der Waals surface area contributed by atoms with E-state index in [1.165, 1.54) is 28.6 Å². The van der Waals surface area contributed by atoms with Crippen molar-refractivity contribution < 1.29 is 27.9 Å². The summed E-state index contributed by atoms with van der Waals surface area (Å²) in [5.74, 6) is -0.817. The Bertz CT molecular complexity index is 753. The average molecular weight is 398 g/mol. The Balaban J connectivity index is 1.95. The van der Waals surface area contributed by atoms with Gasteiger partial charge in [-0.05, 0) is 42.5 Å². The number of amides is 1. The zero-order valence-corrected chi connectivity index (χ0v) is 16.4. The van der Waals surface area contributed by atoms with E-state index in [2.05, 4.69) is 5.32 Å². The zero-order valence-electron chi connectivity index (χ0n) is 15.6. The van der Waals surface area contributed by atoms with Crippen molar-refractivity contribution in [3.05, 3.63) is 29.8 Å². The maximum Gasteiger partial charge on any atom is 0.329 e. The molecule has 27 heavy (non-hydrogen) atoms. The molecule has 1 amide bonds. The molecule has 0 aromatic heterocycles. The summed E-state index contributed by atoms with van der Waals surface area (Å²) in [5, 5.41) is 11.0. The van der Waals surface area contributed by atoms with Crippen molar-refractivity contribution in [2.45, 2.75) is 25.2 Å². The predicted octanol–water partition coefficient (Wildman–Crippen LogP) is 1.18. The molecule has 1 aromatic rings. The third-order valence-electron chi connectivity index (χ3n) is 4.35. The Morgan fingerprint density at radius 3 is 2.33 bits per heavy atom. The molecule has 9 heteroatoms. The van der Waals surface area contributed by atoms with E-state index in [9.17, 15) is 18.0 Å². The van der Waals surface area contributed by atoms with Crippen LogP contribution in [-0.2, 0) is 19.6 Å². The van der Waals surface area contributed by atoms with Crippen molar-refractivity contribution in [2.24, 2.45) is 11.8 Å². The SMILES string of the molecule is CC1CC(C)CN(S(=O)(=O)c2ccc(C(=O)NCCOCC(=O)O)cc2)C1. The number of aliphatic carboxylic acids is 1. The number of ether oxygens (including phenoxy) is 1. The van der Waals surface area contributed by atoms with Crippen molar-refractivity contribution in [3.63, 3.8) is 0 Å². The minimum absolute atomic E-state index is 0.0792. The Morgan fingerprint density at radius 2 is 1.78 bits per heavy atom. The zero-order chi connectivity index (χ0) is 20.0. The van der Waals surface area contributed by atoms with Gasteiger partial charge in [0, 0.05) is 25.2 Å². The van der Waals surface area contributed by atoms with Gasteiger partial charge in [-0.2, -0.15) is 4.31 Å². The third-order valence-corrected chi connectivity index (χ3v) is 6.19. The van der Waals surface area contributed by atoms with E-state index >= 15 is 0 Å². The smallest absolute Gasteiger partial charge is 0.329 e. The predicted molar refractivity (Wildman–Crippen MR) is 98.9 cm³/mol. The van der Waals surface area contributed by atoms with Gasteiger partial charge in [0.25, 0.3) is 5.91 Å². The summed E-state index contributed by atoms with van der Waals surface area (Å²) < 4.78 is 32.0. The van der Waals surface area contributed by atoms with E-state index in [-0.39, 0.29) is 24.0 Å². The van der Waals surface area contributed by atoms with E-state index in [1.807, 2.05) is 13.8 Å². The second-order valence-corrected chi connectivity index (χ2v) is 8.93. The molecule has 0 spiro atoms. The Morgan fingerprint density at radius 1 is 1.19 bits per heavy atom. The topological polar surface area (TPSA) is 113 Å². The molecule has 2 rings (SSSR count). The van der Waals surface area contributed by atoms with E-state index in [1.54, 1.807) is 0 Å². The molecule has 150 valence electrons. The number of carbonyl (C=O) groups excluding carboxylic acids is 1. The van der Waals surface area contributed by atoms with Crippen LogP contribution in [0.15, 0.2) is 29.2 Å². The molecule has 1 aliphatic heterocycles. The van der Waals surface area contributed by atoms with Crippen molar-refractivity contribution in [3.8, 4) is 0 Å². The van der Waals surface area contributed by atoms with Gasteiger partial charge in [-0.25, -0.2) is 13.2 Å². The minimum atomic E-state index is -3.58. The van der Waals surface area contributed by atoms with E-state index in [4.69, 9.17) is 9.84 Å². The quantitative estimate of drug-likeness (QED) is 0.636. The molecule has 2 unspecified atom stereocenters. The molecule has 8 nitrogen and oxygen atoms in total. The molecule has 0 radical (unpaired) electrons. The van der Waals surface area contributed by atoms with Crippen LogP contribution in [0.25, 0.3) is 0 Å². The minimum Gasteiger partial charge on any atom is -0.480 e. The highest BCUT2D eigenvalue weighted by molar-refractivity contribution is 7.89. The summed E-state index contributed by atoms with van der Waals surface area (Å²) in [6.45, 7) is 4.93. The number of nitrogens with zero attached hydrogens (tertiary/aromatic N) is 1. The Hall–Kier alpha value is -1.97. The monoisotopic (exact) mass is 398 g/mol. The number of carboxylic acid groups (broad SMARTS) is 1. The molecule has 1 heterocycles. The number of benzene rings is 1. The lowest BCUT2D eigenvalue weighted by atomic mass is 9.94. The highest BCUT2D eigenvalue weighted by atomic mass is 32.2. The molecule has 0 aliphatic carbocycles. The molecule has 0 bridgehead atoms. The molecule has 2 N–H and O–H groups in total. The van der Waals surface area contributed by atoms with Gasteiger partial charge in [0.1, 0.15) is 6.61 Å². The van der Waals surface area contributed by atoms with Crippen LogP contribution in [0, 0.1) is 11.8 Å². The molecule has 1 saturated heterocycles. The van der Waals surface area contributed by atoms with Crippen LogP contribution >= 0.6 is 0 Å². The number of hydrogen-bond donors (Lipinski definition) is 2. The van der Waals surface area contributed by atoms with Crippen LogP contribution in [0.3, 0.4) is 0 Å². The maximum atomic E-state index is 12.8. The van der Waals surface area contributed by atoms with Crippen molar-refractivity contribution >= 4 is 21.9 Å². The summed E-state index contributed by atoms with van der Waals surface area (Å²) in [4.78, 5) is 22.5. The summed E-state index contributed by atoms with van der Waals surface area (Å²) in [6, 6.07) is 5.82. The first kappa shape index (κ1) is 21.3. The van der Waals surface area contributed by atoms with Gasteiger partial charge in [-0.3, -0.25) is 4.79 Å². The first-order valence-corrected chi connectivity index (χ1v) is 10.3. The van der Waals surface area contributed by atoms with Crippen molar-refractivity contribution in [1.82, 2.24) is 9.62 Å². The fourth-order valence-electron chi connectivity index (χ4n) is 3.23. The van der Waals surface area contributed by atoms with Gasteiger partial charge in [0.05, 0.1) is 11.5 Å². The van der Waals surface area contributed by atoms with Gasteiger partial charge >= 0.3 is 5.97 Å². The molecule has 0 saturated carbocycles. The number of nitrogens with one attached hydrogen (secondary N) is 1. The van der Waals surface area contributed by atoms with Crippen LogP contribution < -0.4 is 5.32 Å². The first-order chi connectivity index (χ1) is 12.7. The number of hydrogen-bond acceptors (Lipinski definition) is 5. The van der Waals surface area contributed by atoms with E-state index in [0.29, 0.717) is 30.5 Å². The van der Waals surface area contributed by atoms with Crippen LogP contribution in [0.2, 0.25) is 0 Å². The summed E-state index contributed by atoms with van der Waals surface area (Å²) in [5.41, 5.74) is 0.326. The number of piperidine rings is 1. The second-order valence-electron chi connectivity index (χ2n) is 6.99. The normalized spacial score (nSPS) is 21.0. The lowest BCUT2D eigenvalue weighted by Gasteiger charge is -2.34. The molecule has 2 atom stereocenters. The Kier molecular flexibility index (Phi) is 7.34. The number of carboxylic acids is 1. The highest BCUT2D eigenvalue weighted by Gasteiger charge is 2.31. The Labute approximate surface area is 159 Å². The van der Waals surface area contributed by atoms with Gasteiger partial charge in [0.15, 0.2) is 0 Å². The van der Waals surface area contributed by atoms with Crippen molar-refractivity contribution in [1.29, 1.82) is 0 Å². The van der Waals surface area contributed by atoms with Crippen LogP contribution in [0.5, 0.6) is 0 Å². The van der Waals surface area contributed by atoms with Crippen molar-refractivity contribution in [2.75, 3.05) is 32.8 Å². The number of carbonyl (C=O) groups is 2. The van der Waals surface area contributed by atoms with Gasteiger partial charge in [0.2, 0.25) is 10.0 Å². The lowest BCUT2D eigenvalue weighted by Crippen LogP contribution is -2.42. The largest absolute Gasteiger partial charge is 0.480 e. The summed E-state index contributed by atoms with van der Waals surface area (Å²) >= 11 is 0. The lowest BCUT2D eigenvalue weighted by molar-refractivity contribution is -0.142. The first-order valence-electron chi connectivity index (χ1n) is 8.88. The van der Waals surface area contributed by atoms with Crippen LogP contribution in [0.1, 0.15) is 30.6 Å². The third kappa shape index (κ3) is 6.02. The van der Waals surface area contributed by atoms with Gasteiger partial charge in [-0.15, -0.1) is 0 Å². The fourth-order valence-corrected chi connectivity index (χ4v) is 4.91. The molecule has 1 aromatic carbocycles. The van der Waals surface area contributed by atoms with Gasteiger partial charge < -0.3 is 15.2 Å². The average Bonchev–Trinajstić information content (AvgIpc) is 2.60. The van der Waals surface area contributed by atoms with Gasteiger partial charge in [-0.1, -0.05) is 13.8 Å². The molecular weight excluding hydrogens is 372 g/mol. The molecule has 1 fully saturated rings. The number of sulfonamides is 1. The van der Waals surface area contributed by atoms with E-state index in [0.717, 1.165) is 6.42 Å². The number of rotatable bonds is 8. The molecule has 1 aliphatic rings. The fraction of sp³-hybridized carbons (Fsp3) is 0.556. The van der Waals surface area contributed by atoms with E-state index < -0.39 is 22.6 Å². The molecular formula is C18H26N2O6S. The summed E-state index contributed by atoms with van der Waals surface area (Å²) in [6.07, 6.45) is 1.02. The van der Waals surface area contributed by atoms with Crippen LogP contribution in [0.4, 0.5) is 0 Å². The standard InChI is InChI=1S/C18H26N2O6S/c1-13-9-14(2)11-20(10-13)27(24,25)16-5-3-15(4-6-16)18(23)19-7-8-26-12-17(21)22/h3-6,13-14H,7-12H2,1-2H3,(H,19,23)(H,21,22). The summed E-state index contributed by atoms with van der Waals surface area (Å²) in [7, 11) is -3.58.